The first-order valence-corrected chi connectivity index (χ1v) is 7.34. The van der Waals surface area contributed by atoms with Gasteiger partial charge in [0, 0.05) is 17.5 Å². The molecule has 0 spiro atoms. The summed E-state index contributed by atoms with van der Waals surface area (Å²) in [5.41, 5.74) is 5.71. The van der Waals surface area contributed by atoms with Gasteiger partial charge in [-0.05, 0) is 32.9 Å². The number of ether oxygens (including phenoxy) is 1. The summed E-state index contributed by atoms with van der Waals surface area (Å²) >= 11 is 0. The van der Waals surface area contributed by atoms with Gasteiger partial charge in [-0.15, -0.1) is 0 Å². The summed E-state index contributed by atoms with van der Waals surface area (Å²) in [5, 5.41) is 0. The van der Waals surface area contributed by atoms with Crippen molar-refractivity contribution < 1.29 is 4.74 Å². The van der Waals surface area contributed by atoms with Crippen molar-refractivity contribution in [1.82, 2.24) is 14.9 Å². The van der Waals surface area contributed by atoms with Gasteiger partial charge in [0.2, 0.25) is 5.88 Å². The molecule has 1 atom stereocenters. The minimum absolute atomic E-state index is 0.126. The first kappa shape index (κ1) is 15.0. The zero-order valence-corrected chi connectivity index (χ0v) is 13.0. The van der Waals surface area contributed by atoms with Crippen molar-refractivity contribution in [2.75, 3.05) is 25.9 Å². The smallest absolute Gasteiger partial charge is 0.218 e. The van der Waals surface area contributed by atoms with Crippen molar-refractivity contribution in [3.05, 3.63) is 11.9 Å². The lowest BCUT2D eigenvalue weighted by Crippen LogP contribution is -2.26. The van der Waals surface area contributed by atoms with Crippen molar-refractivity contribution in [3.63, 3.8) is 0 Å². The molecule has 1 fully saturated rings. The number of hydrogen-bond donors (Lipinski definition) is 1. The lowest BCUT2D eigenvalue weighted by Gasteiger charge is -2.20. The van der Waals surface area contributed by atoms with Crippen LogP contribution in [0, 0.1) is 0 Å². The fourth-order valence-electron chi connectivity index (χ4n) is 2.50. The molecule has 1 saturated heterocycles. The lowest BCUT2D eigenvalue weighted by atomic mass is 9.96. The third kappa shape index (κ3) is 3.82. The van der Waals surface area contributed by atoms with Crippen LogP contribution in [0.15, 0.2) is 6.07 Å². The van der Waals surface area contributed by atoms with Gasteiger partial charge in [0.05, 0.1) is 6.61 Å². The van der Waals surface area contributed by atoms with E-state index in [-0.39, 0.29) is 5.41 Å². The highest BCUT2D eigenvalue weighted by Gasteiger charge is 2.21. The maximum absolute atomic E-state index is 5.83. The van der Waals surface area contributed by atoms with E-state index in [0.29, 0.717) is 24.3 Å². The Balaban J connectivity index is 1.94. The monoisotopic (exact) mass is 278 g/mol. The zero-order valence-electron chi connectivity index (χ0n) is 13.0. The fourth-order valence-corrected chi connectivity index (χ4v) is 2.50. The third-order valence-corrected chi connectivity index (χ3v) is 3.77. The molecule has 0 aromatic carbocycles. The van der Waals surface area contributed by atoms with Crippen molar-refractivity contribution in [1.29, 1.82) is 0 Å². The Bertz CT molecular complexity index is 456. The molecule has 1 aliphatic heterocycles. The second kappa shape index (κ2) is 5.95. The summed E-state index contributed by atoms with van der Waals surface area (Å²) in [5.74, 6) is 1.78. The van der Waals surface area contributed by atoms with E-state index in [0.717, 1.165) is 12.2 Å². The predicted octanol–water partition coefficient (Wildman–Crippen LogP) is 2.22. The second-order valence-electron chi connectivity index (χ2n) is 6.62. The molecule has 1 unspecified atom stereocenters. The topological polar surface area (TPSA) is 64.3 Å². The molecular formula is C15H26N4O. The Kier molecular flexibility index (Phi) is 4.48. The molecule has 1 aromatic heterocycles. The molecule has 112 valence electrons. The molecule has 2 heterocycles. The normalized spacial score (nSPS) is 20.3. The van der Waals surface area contributed by atoms with Crippen LogP contribution in [0.3, 0.4) is 0 Å². The molecule has 2 N–H and O–H groups in total. The number of nitrogen functional groups attached to an aromatic ring is 1. The highest BCUT2D eigenvalue weighted by atomic mass is 16.5. The molecule has 0 saturated carbocycles. The SMILES string of the molecule is CN1CCCC1CCOc1cc(N)nc(C(C)(C)C)n1. The van der Waals surface area contributed by atoms with E-state index in [1.54, 1.807) is 6.07 Å². The average molecular weight is 278 g/mol. The number of hydrogen-bond acceptors (Lipinski definition) is 5. The number of rotatable bonds is 4. The molecular weight excluding hydrogens is 252 g/mol. The molecule has 0 aliphatic carbocycles. The maximum atomic E-state index is 5.83. The quantitative estimate of drug-likeness (QED) is 0.915. The fraction of sp³-hybridized carbons (Fsp3) is 0.733. The van der Waals surface area contributed by atoms with E-state index < -0.39 is 0 Å². The van der Waals surface area contributed by atoms with Crippen molar-refractivity contribution in [2.45, 2.75) is 51.5 Å². The predicted molar refractivity (Wildman–Crippen MR) is 80.9 cm³/mol. The molecule has 1 aromatic rings. The number of nitrogens with two attached hydrogens (primary N) is 1. The number of aromatic nitrogens is 2. The number of anilines is 1. The summed E-state index contributed by atoms with van der Waals surface area (Å²) in [6.45, 7) is 8.07. The second-order valence-corrected chi connectivity index (χ2v) is 6.62. The van der Waals surface area contributed by atoms with E-state index >= 15 is 0 Å². The van der Waals surface area contributed by atoms with Crippen LogP contribution in [0.25, 0.3) is 0 Å². The van der Waals surface area contributed by atoms with E-state index in [2.05, 4.69) is 42.7 Å². The van der Waals surface area contributed by atoms with Gasteiger partial charge >= 0.3 is 0 Å². The van der Waals surface area contributed by atoms with Gasteiger partial charge in [0.1, 0.15) is 11.6 Å². The summed E-state index contributed by atoms with van der Waals surface area (Å²) < 4.78 is 5.78. The van der Waals surface area contributed by atoms with Crippen LogP contribution in [0.5, 0.6) is 5.88 Å². The van der Waals surface area contributed by atoms with E-state index in [1.165, 1.54) is 19.4 Å². The van der Waals surface area contributed by atoms with Crippen LogP contribution < -0.4 is 10.5 Å². The van der Waals surface area contributed by atoms with Crippen molar-refractivity contribution in [3.8, 4) is 5.88 Å². The third-order valence-electron chi connectivity index (χ3n) is 3.77. The van der Waals surface area contributed by atoms with Gasteiger partial charge in [-0.3, -0.25) is 0 Å². The highest BCUT2D eigenvalue weighted by molar-refractivity contribution is 5.34. The molecule has 5 heteroatoms. The van der Waals surface area contributed by atoms with E-state index in [4.69, 9.17) is 10.5 Å². The Hall–Kier alpha value is -1.36. The molecule has 0 radical (unpaired) electrons. The number of likely N-dealkylation sites (tertiary alicyclic amines) is 1. The first-order chi connectivity index (χ1) is 9.36. The van der Waals surface area contributed by atoms with Crippen molar-refractivity contribution in [2.24, 2.45) is 0 Å². The molecule has 5 nitrogen and oxygen atoms in total. The van der Waals surface area contributed by atoms with Crippen LogP contribution in [-0.4, -0.2) is 41.1 Å². The van der Waals surface area contributed by atoms with Crippen LogP contribution >= 0.6 is 0 Å². The summed E-state index contributed by atoms with van der Waals surface area (Å²) in [4.78, 5) is 11.1. The average Bonchev–Trinajstić information content (AvgIpc) is 2.73. The lowest BCUT2D eigenvalue weighted by molar-refractivity contribution is 0.227. The standard InChI is InChI=1S/C15H26N4O/c1-15(2,3)14-17-12(16)10-13(18-14)20-9-7-11-6-5-8-19(11)4/h10-11H,5-9H2,1-4H3,(H2,16,17,18). The van der Waals surface area contributed by atoms with E-state index in [1.807, 2.05) is 0 Å². The van der Waals surface area contributed by atoms with E-state index in [9.17, 15) is 0 Å². The maximum Gasteiger partial charge on any atom is 0.218 e. The van der Waals surface area contributed by atoms with Crippen LogP contribution in [0.2, 0.25) is 0 Å². The summed E-state index contributed by atoms with van der Waals surface area (Å²) in [6, 6.07) is 2.34. The zero-order chi connectivity index (χ0) is 14.8. The Labute approximate surface area is 121 Å². The molecule has 0 bridgehead atoms. The number of nitrogens with zero attached hydrogens (tertiary/aromatic N) is 3. The molecule has 0 amide bonds. The van der Waals surface area contributed by atoms with Gasteiger partial charge in [0.15, 0.2) is 0 Å². The Morgan fingerprint density at radius 2 is 2.15 bits per heavy atom. The van der Waals surface area contributed by atoms with Crippen molar-refractivity contribution >= 4 is 5.82 Å². The van der Waals surface area contributed by atoms with Crippen LogP contribution in [0.4, 0.5) is 5.82 Å². The first-order valence-electron chi connectivity index (χ1n) is 7.34. The Morgan fingerprint density at radius 1 is 1.40 bits per heavy atom. The van der Waals surface area contributed by atoms with Gasteiger partial charge in [-0.25, -0.2) is 4.98 Å². The molecule has 2 rings (SSSR count). The Morgan fingerprint density at radius 3 is 2.75 bits per heavy atom. The molecule has 20 heavy (non-hydrogen) atoms. The largest absolute Gasteiger partial charge is 0.477 e. The van der Waals surface area contributed by atoms with Crippen LogP contribution in [-0.2, 0) is 5.41 Å². The van der Waals surface area contributed by atoms with Gasteiger partial charge < -0.3 is 15.4 Å². The highest BCUT2D eigenvalue weighted by Crippen LogP contribution is 2.23. The van der Waals surface area contributed by atoms with Gasteiger partial charge in [-0.1, -0.05) is 20.8 Å². The summed E-state index contributed by atoms with van der Waals surface area (Å²) in [7, 11) is 2.18. The van der Waals surface area contributed by atoms with Crippen LogP contribution in [0.1, 0.15) is 45.9 Å². The van der Waals surface area contributed by atoms with Gasteiger partial charge in [-0.2, -0.15) is 4.98 Å². The molecule has 1 aliphatic rings. The minimum Gasteiger partial charge on any atom is -0.477 e. The van der Waals surface area contributed by atoms with Gasteiger partial charge in [0.25, 0.3) is 0 Å². The minimum atomic E-state index is -0.126. The summed E-state index contributed by atoms with van der Waals surface area (Å²) in [6.07, 6.45) is 3.58.